The first kappa shape index (κ1) is 33.7. The topological polar surface area (TPSA) is 66.4 Å². The van der Waals surface area contributed by atoms with Crippen LogP contribution in [-0.4, -0.2) is 42.2 Å². The third-order valence-corrected chi connectivity index (χ3v) is 8.73. The molecule has 6 heteroatoms. The molecular weight excluding hydrogens is 600 g/mol. The van der Waals surface area contributed by atoms with E-state index < -0.39 is 30.5 Å². The Morgan fingerprint density at radius 1 is 0.354 bits per heavy atom. The lowest BCUT2D eigenvalue weighted by Gasteiger charge is -2.48. The van der Waals surface area contributed by atoms with Crippen molar-refractivity contribution < 1.29 is 28.8 Å². The minimum atomic E-state index is -1.01. The van der Waals surface area contributed by atoms with Crippen molar-refractivity contribution in [1.29, 1.82) is 0 Å². The Bertz CT molecular complexity index is 1590. The number of benzene rings is 5. The second kappa shape index (κ2) is 17.9. The second-order valence-corrected chi connectivity index (χ2v) is 12.2. The van der Waals surface area contributed by atoms with E-state index in [1.807, 2.05) is 152 Å². The molecule has 0 spiro atoms. The van der Waals surface area contributed by atoms with E-state index in [-0.39, 0.29) is 5.92 Å². The van der Waals surface area contributed by atoms with Crippen LogP contribution in [0.2, 0.25) is 0 Å². The molecule has 0 saturated heterocycles. The van der Waals surface area contributed by atoms with Crippen LogP contribution in [-0.2, 0) is 56.7 Å². The fourth-order valence-corrected chi connectivity index (χ4v) is 6.22. The zero-order chi connectivity index (χ0) is 32.8. The smallest absolute Gasteiger partial charge is 0.115 e. The van der Waals surface area contributed by atoms with Crippen molar-refractivity contribution >= 4 is 0 Å². The predicted molar refractivity (Wildman–Crippen MR) is 186 cm³/mol. The van der Waals surface area contributed by atoms with Crippen LogP contribution >= 0.6 is 0 Å². The normalized spacial score (nSPS) is 22.4. The van der Waals surface area contributed by atoms with Gasteiger partial charge in [-0.2, -0.15) is 0 Å². The van der Waals surface area contributed by atoms with E-state index in [0.29, 0.717) is 39.6 Å². The minimum absolute atomic E-state index is 0.293. The largest absolute Gasteiger partial charge is 0.388 e. The summed E-state index contributed by atoms with van der Waals surface area (Å²) in [4.78, 5) is 0. The maximum Gasteiger partial charge on any atom is 0.115 e. The summed E-state index contributed by atoms with van der Waals surface area (Å²) in [5.74, 6) is -0.367. The minimum Gasteiger partial charge on any atom is -0.388 e. The van der Waals surface area contributed by atoms with Crippen molar-refractivity contribution in [2.75, 3.05) is 6.61 Å². The van der Waals surface area contributed by atoms with Crippen LogP contribution in [0.1, 0.15) is 27.8 Å². The summed E-state index contributed by atoms with van der Waals surface area (Å²) in [5.41, 5.74) is 5.15. The zero-order valence-electron chi connectivity index (χ0n) is 27.1. The molecule has 6 atom stereocenters. The molecule has 0 amide bonds. The molecule has 1 aliphatic carbocycles. The molecule has 1 N–H and O–H groups in total. The summed E-state index contributed by atoms with van der Waals surface area (Å²) < 4.78 is 33.1. The van der Waals surface area contributed by atoms with Gasteiger partial charge in [-0.15, -0.1) is 0 Å². The molecule has 248 valence electrons. The highest BCUT2D eigenvalue weighted by molar-refractivity contribution is 5.18. The monoisotopic (exact) mass is 644 g/mol. The van der Waals surface area contributed by atoms with Gasteiger partial charge in [-0.25, -0.2) is 0 Å². The lowest BCUT2D eigenvalue weighted by Crippen LogP contribution is -2.64. The molecule has 0 bridgehead atoms. The summed E-state index contributed by atoms with van der Waals surface area (Å²) in [6.45, 7) is 2.04. The van der Waals surface area contributed by atoms with Crippen LogP contribution < -0.4 is 0 Å². The average Bonchev–Trinajstić information content (AvgIpc) is 3.15. The molecule has 1 saturated carbocycles. The van der Waals surface area contributed by atoms with Gasteiger partial charge in [0.25, 0.3) is 0 Å². The quantitative estimate of drug-likeness (QED) is 0.120. The van der Waals surface area contributed by atoms with E-state index in [1.54, 1.807) is 0 Å². The molecule has 0 radical (unpaired) electrons. The van der Waals surface area contributed by atoms with Gasteiger partial charge in [-0.1, -0.05) is 152 Å². The Morgan fingerprint density at radius 3 is 1.06 bits per heavy atom. The van der Waals surface area contributed by atoms with Gasteiger partial charge in [-0.05, 0) is 27.8 Å². The van der Waals surface area contributed by atoms with Gasteiger partial charge in [0.2, 0.25) is 0 Å². The lowest BCUT2D eigenvalue weighted by atomic mass is 9.78. The zero-order valence-corrected chi connectivity index (χ0v) is 27.1. The van der Waals surface area contributed by atoms with Crippen molar-refractivity contribution in [3.05, 3.63) is 179 Å². The van der Waals surface area contributed by atoms with Crippen LogP contribution in [0.5, 0.6) is 0 Å². The Balaban J connectivity index is 1.33. The first-order chi connectivity index (χ1) is 23.7. The van der Waals surface area contributed by atoms with Gasteiger partial charge in [0, 0.05) is 5.92 Å². The Kier molecular flexibility index (Phi) is 12.6. The predicted octanol–water partition coefficient (Wildman–Crippen LogP) is 7.54. The first-order valence-electron chi connectivity index (χ1n) is 16.7. The van der Waals surface area contributed by atoms with Crippen LogP contribution in [0, 0.1) is 5.92 Å². The molecule has 0 heterocycles. The standard InChI is InChI=1S/C42H44O6/c43-38-39(45-27-33-18-8-2-9-19-33)37(31-44-26-32-16-6-1-7-17-32)40(46-28-34-20-10-3-11-21-34)42(48-30-36-24-14-5-15-25-36)41(38)47-29-35-22-12-4-13-23-35/h1-25,37-43H,26-31H2/t37-,38+,39+,40+,41-,42-/m0/s1. The number of aliphatic hydroxyl groups excluding tert-OH is 1. The SMILES string of the molecule is O[C@@H]1[C@H](OCc2ccccc2)[C@H](COCc2ccccc2)[C@@H](OCc2ccccc2)[C@H](OCc2ccccc2)[C@H]1OCc1ccccc1. The van der Waals surface area contributed by atoms with E-state index in [9.17, 15) is 5.11 Å². The first-order valence-corrected chi connectivity index (χ1v) is 16.7. The van der Waals surface area contributed by atoms with Gasteiger partial charge >= 0.3 is 0 Å². The van der Waals surface area contributed by atoms with Gasteiger partial charge in [-0.3, -0.25) is 0 Å². The van der Waals surface area contributed by atoms with Crippen molar-refractivity contribution in [2.45, 2.75) is 63.6 Å². The third kappa shape index (κ3) is 9.48. The third-order valence-electron chi connectivity index (χ3n) is 8.73. The van der Waals surface area contributed by atoms with Crippen molar-refractivity contribution in [3.63, 3.8) is 0 Å². The summed E-state index contributed by atoms with van der Waals surface area (Å²) in [6, 6.07) is 50.2. The van der Waals surface area contributed by atoms with Crippen LogP contribution in [0.3, 0.4) is 0 Å². The Hall–Kier alpha value is -4.14. The van der Waals surface area contributed by atoms with E-state index in [4.69, 9.17) is 23.7 Å². The molecule has 5 aromatic rings. The average molecular weight is 645 g/mol. The molecule has 1 fully saturated rings. The fraction of sp³-hybridized carbons (Fsp3) is 0.286. The Labute approximate surface area is 283 Å². The summed E-state index contributed by atoms with van der Waals surface area (Å²) in [5, 5.41) is 12.2. The molecular formula is C42H44O6. The molecule has 5 aromatic carbocycles. The van der Waals surface area contributed by atoms with Crippen LogP contribution in [0.4, 0.5) is 0 Å². The highest BCUT2D eigenvalue weighted by atomic mass is 16.6. The molecule has 1 aliphatic rings. The van der Waals surface area contributed by atoms with Crippen LogP contribution in [0.15, 0.2) is 152 Å². The number of rotatable bonds is 16. The number of hydrogen-bond acceptors (Lipinski definition) is 6. The summed E-state index contributed by atoms with van der Waals surface area (Å²) in [6.07, 6.45) is -3.54. The highest BCUT2D eigenvalue weighted by Crippen LogP contribution is 2.36. The molecule has 6 nitrogen and oxygen atoms in total. The van der Waals surface area contributed by atoms with Gasteiger partial charge < -0.3 is 28.8 Å². The number of ether oxygens (including phenoxy) is 5. The van der Waals surface area contributed by atoms with Gasteiger partial charge in [0.1, 0.15) is 18.3 Å². The van der Waals surface area contributed by atoms with E-state index in [1.165, 1.54) is 0 Å². The van der Waals surface area contributed by atoms with Crippen LogP contribution in [0.25, 0.3) is 0 Å². The molecule has 48 heavy (non-hydrogen) atoms. The molecule has 0 aliphatic heterocycles. The van der Waals surface area contributed by atoms with E-state index in [2.05, 4.69) is 0 Å². The second-order valence-electron chi connectivity index (χ2n) is 12.2. The maximum atomic E-state index is 12.2. The molecule has 6 rings (SSSR count). The van der Waals surface area contributed by atoms with Gasteiger partial charge in [0.05, 0.1) is 51.8 Å². The molecule has 0 aromatic heterocycles. The van der Waals surface area contributed by atoms with E-state index in [0.717, 1.165) is 27.8 Å². The summed E-state index contributed by atoms with van der Waals surface area (Å²) >= 11 is 0. The molecule has 0 unspecified atom stereocenters. The maximum absolute atomic E-state index is 12.2. The van der Waals surface area contributed by atoms with Crippen molar-refractivity contribution in [3.8, 4) is 0 Å². The highest BCUT2D eigenvalue weighted by Gasteiger charge is 2.53. The number of aliphatic hydroxyl groups is 1. The fourth-order valence-electron chi connectivity index (χ4n) is 6.22. The number of hydrogen-bond donors (Lipinski definition) is 1. The van der Waals surface area contributed by atoms with Crippen molar-refractivity contribution in [1.82, 2.24) is 0 Å². The van der Waals surface area contributed by atoms with Gasteiger partial charge in [0.15, 0.2) is 0 Å². The van der Waals surface area contributed by atoms with E-state index >= 15 is 0 Å². The lowest BCUT2D eigenvalue weighted by molar-refractivity contribution is -0.265. The Morgan fingerprint density at radius 2 is 0.667 bits per heavy atom. The summed E-state index contributed by atoms with van der Waals surface area (Å²) in [7, 11) is 0. The van der Waals surface area contributed by atoms with Crippen molar-refractivity contribution in [2.24, 2.45) is 5.92 Å².